The third-order valence-corrected chi connectivity index (χ3v) is 13.6. The normalized spacial score (nSPS) is 15.6. The third kappa shape index (κ3) is 17.0. The molecule has 426 valence electrons. The highest BCUT2D eigenvalue weighted by Crippen LogP contribution is 2.38. The van der Waals surface area contributed by atoms with Crippen LogP contribution in [0, 0.1) is 0 Å². The highest BCUT2D eigenvalue weighted by atomic mass is 79.9. The average molecular weight is 1340 g/mol. The number of ketones is 1. The molecule has 2 aliphatic heterocycles. The number of aryl methyl sites for hydroxylation is 2. The van der Waals surface area contributed by atoms with Gasteiger partial charge in [-0.15, -0.1) is 0 Å². The number of anilines is 2. The molecule has 2 atom stereocenters. The van der Waals surface area contributed by atoms with Crippen molar-refractivity contribution in [2.24, 2.45) is 0 Å². The fourth-order valence-corrected chi connectivity index (χ4v) is 8.95. The second-order valence-corrected chi connectivity index (χ2v) is 22.6. The monoisotopic (exact) mass is 1340 g/mol. The van der Waals surface area contributed by atoms with Gasteiger partial charge in [-0.1, -0.05) is 119 Å². The number of benzene rings is 2. The number of carbonyl (C=O) groups excluding carboxylic acids is 4. The fourth-order valence-electron chi connectivity index (χ4n) is 7.73. The Balaban J connectivity index is 0.000000245. The molecular formula is C50H54Br3Cl2F9N10O4. The molecule has 6 aromatic rings. The van der Waals surface area contributed by atoms with Crippen molar-refractivity contribution in [1.82, 2.24) is 39.1 Å². The number of nitrogens with zero attached hydrogens (tertiary/aromatic N) is 9. The number of aldehydes is 1. The lowest BCUT2D eigenvalue weighted by Crippen LogP contribution is -2.29. The number of nitrogens with one attached hydrogen (secondary N) is 1. The van der Waals surface area contributed by atoms with Crippen molar-refractivity contribution < 1.29 is 58.7 Å². The average Bonchev–Trinajstić information content (AvgIpc) is 4.25. The molecule has 4 aromatic heterocycles. The summed E-state index contributed by atoms with van der Waals surface area (Å²) in [6.45, 7) is 14.6. The van der Waals surface area contributed by atoms with E-state index in [2.05, 4.69) is 86.8 Å². The molecular weight excluding hydrogens is 1290 g/mol. The lowest BCUT2D eigenvalue weighted by molar-refractivity contribution is -0.168. The quantitative estimate of drug-likeness (QED) is 0.0763. The third-order valence-electron chi connectivity index (χ3n) is 11.4. The maximum atomic E-state index is 13.3. The minimum absolute atomic E-state index is 0.0475. The van der Waals surface area contributed by atoms with E-state index < -0.39 is 45.5 Å². The molecule has 78 heavy (non-hydrogen) atoms. The van der Waals surface area contributed by atoms with Crippen molar-refractivity contribution in [1.29, 1.82) is 0 Å². The first-order valence-electron chi connectivity index (χ1n) is 23.9. The van der Waals surface area contributed by atoms with Gasteiger partial charge in [-0.3, -0.25) is 14.4 Å². The molecule has 0 spiro atoms. The van der Waals surface area contributed by atoms with Gasteiger partial charge in [0, 0.05) is 48.6 Å². The number of imidazole rings is 2. The van der Waals surface area contributed by atoms with Crippen molar-refractivity contribution in [3.8, 4) is 11.4 Å². The summed E-state index contributed by atoms with van der Waals surface area (Å²) >= 11 is 20.2. The smallest absolute Gasteiger partial charge is 0.338 e. The van der Waals surface area contributed by atoms with Gasteiger partial charge in [-0.2, -0.15) is 49.7 Å². The topological polar surface area (TPSA) is 157 Å². The predicted molar refractivity (Wildman–Crippen MR) is 290 cm³/mol. The largest absolute Gasteiger partial charge is 0.452 e. The number of hydrogen-bond acceptors (Lipinski definition) is 8. The number of alkyl halides is 12. The zero-order valence-corrected chi connectivity index (χ0v) is 49.1. The Morgan fingerprint density at radius 2 is 1.19 bits per heavy atom. The van der Waals surface area contributed by atoms with Crippen LogP contribution in [0.5, 0.6) is 0 Å². The number of aromatic amines is 1. The zero-order chi connectivity index (χ0) is 58.6. The molecule has 0 saturated carbocycles. The van der Waals surface area contributed by atoms with Crippen molar-refractivity contribution >= 4 is 106 Å². The number of Topliss-reactive ketones (excluding diaryl/α,β-unsaturated/α-hetero) is 1. The van der Waals surface area contributed by atoms with E-state index in [4.69, 9.17) is 23.2 Å². The molecule has 0 bridgehead atoms. The Bertz CT molecular complexity index is 2940. The minimum atomic E-state index is -4.75. The second kappa shape index (κ2) is 28.4. The van der Waals surface area contributed by atoms with E-state index in [0.29, 0.717) is 53.8 Å². The summed E-state index contributed by atoms with van der Waals surface area (Å²) in [4.78, 5) is 57.5. The number of H-pyrrole nitrogens is 1. The van der Waals surface area contributed by atoms with Crippen molar-refractivity contribution in [2.75, 3.05) is 22.9 Å². The number of rotatable bonds is 11. The molecule has 2 aromatic carbocycles. The lowest BCUT2D eigenvalue weighted by atomic mass is 10.1. The second-order valence-electron chi connectivity index (χ2n) is 17.6. The van der Waals surface area contributed by atoms with Crippen LogP contribution in [0.25, 0.3) is 11.4 Å². The summed E-state index contributed by atoms with van der Waals surface area (Å²) in [6, 6.07) is 14.1. The van der Waals surface area contributed by atoms with Gasteiger partial charge < -0.3 is 24.1 Å². The molecule has 2 amide bonds. The molecule has 6 heterocycles. The van der Waals surface area contributed by atoms with Crippen molar-refractivity contribution in [3.05, 3.63) is 118 Å². The summed E-state index contributed by atoms with van der Waals surface area (Å²) in [5, 5.41) is 10.3. The first kappa shape index (κ1) is 65.5. The molecule has 2 aliphatic rings. The Labute approximate surface area is 478 Å². The summed E-state index contributed by atoms with van der Waals surface area (Å²) in [5.74, 6) is -1.08. The molecule has 14 nitrogen and oxygen atoms in total. The Morgan fingerprint density at radius 1 is 0.731 bits per heavy atom. The van der Waals surface area contributed by atoms with E-state index in [-0.39, 0.29) is 34.3 Å². The van der Waals surface area contributed by atoms with E-state index in [0.717, 1.165) is 60.1 Å². The van der Waals surface area contributed by atoms with Gasteiger partial charge in [0.25, 0.3) is 5.78 Å². The van der Waals surface area contributed by atoms with E-state index in [9.17, 15) is 58.7 Å². The van der Waals surface area contributed by atoms with Crippen LogP contribution in [0.15, 0.2) is 73.3 Å². The van der Waals surface area contributed by atoms with Gasteiger partial charge in [0.1, 0.15) is 33.4 Å². The van der Waals surface area contributed by atoms with Crippen molar-refractivity contribution in [3.63, 3.8) is 0 Å². The van der Waals surface area contributed by atoms with Crippen LogP contribution in [0.1, 0.15) is 120 Å². The predicted octanol–water partition coefficient (Wildman–Crippen LogP) is 14.4. The molecule has 2 unspecified atom stereocenters. The van der Waals surface area contributed by atoms with Gasteiger partial charge in [-0.05, 0) is 73.2 Å². The van der Waals surface area contributed by atoms with Crippen LogP contribution in [0.2, 0.25) is 10.0 Å². The van der Waals surface area contributed by atoms with Crippen LogP contribution < -0.4 is 9.80 Å². The number of halogens is 14. The molecule has 0 radical (unpaired) electrons. The molecule has 0 aliphatic carbocycles. The Kier molecular flexibility index (Phi) is 23.8. The summed E-state index contributed by atoms with van der Waals surface area (Å²) in [7, 11) is 0. The van der Waals surface area contributed by atoms with Crippen LogP contribution >= 0.6 is 71.0 Å². The van der Waals surface area contributed by atoms with E-state index >= 15 is 0 Å². The van der Waals surface area contributed by atoms with Gasteiger partial charge in [-0.25, -0.2) is 19.3 Å². The fraction of sp³-hybridized carbons (Fsp3) is 0.440. The molecule has 1 N–H and O–H groups in total. The van der Waals surface area contributed by atoms with Crippen LogP contribution in [-0.2, 0) is 44.4 Å². The zero-order valence-electron chi connectivity index (χ0n) is 42.8. The van der Waals surface area contributed by atoms with Crippen molar-refractivity contribution in [2.45, 2.75) is 126 Å². The molecule has 2 fully saturated rings. The van der Waals surface area contributed by atoms with E-state index in [1.807, 2.05) is 66.8 Å². The number of amides is 2. The SMILES string of the molecule is CC(C)c1c(N2CCC(Br)C2=O)cnn1-c1ccc(Cl)cc1.CCC=O.CCc1nc(C(F)(F)F)cn1C1CCN(c2cnn(-c3ccc(Cl)cc3)c2C(C)C)C1=O.CCc1ncc(C(F)(F)F)[nH]1.O=C(C(Br)Br)C(F)(F)F. The highest BCUT2D eigenvalue weighted by molar-refractivity contribution is 9.25. The summed E-state index contributed by atoms with van der Waals surface area (Å²) < 4.78 is 113. The minimum Gasteiger partial charge on any atom is -0.338 e. The van der Waals surface area contributed by atoms with Gasteiger partial charge in [0.15, 0.2) is 5.69 Å². The Hall–Kier alpha value is -5.05. The van der Waals surface area contributed by atoms with Gasteiger partial charge >= 0.3 is 18.5 Å². The molecule has 28 heteroatoms. The van der Waals surface area contributed by atoms with Crippen LogP contribution in [0.4, 0.5) is 50.9 Å². The number of aromatic nitrogens is 8. The lowest BCUT2D eigenvalue weighted by Gasteiger charge is -2.20. The molecule has 8 rings (SSSR count). The standard InChI is InChI=1S/C22H23ClF3N5O.C16H17BrClN3O.C6H7F3N2.C3HBr2F3O.C3H6O/c1-4-19-28-18(22(24,25)26)12-30(19)16-9-10-29(21(16)32)17-11-27-31(20(17)13(2)3)15-7-5-14(23)6-8-15;1-10(2)15-14(20-8-7-13(17)16(20)22)9-19-21(15)12-5-3-11(18)4-6-12;1-2-5-10-3-4(11-5)6(7,8)9;4-2(5)1(9)3(6,7)8;1-2-3-4/h5-8,11-13,16H,4,9-10H2,1-3H3;3-6,9-10,13H,7-8H2,1-2H3;3H,2H2,1H3,(H,10,11);2H;3H,2H2,1H3. The van der Waals surface area contributed by atoms with Gasteiger partial charge in [0.2, 0.25) is 11.8 Å². The van der Waals surface area contributed by atoms with E-state index in [1.165, 1.54) is 4.57 Å². The van der Waals surface area contributed by atoms with Crippen LogP contribution in [-0.4, -0.2) is 90.8 Å². The number of carbonyl (C=O) groups is 4. The Morgan fingerprint density at radius 3 is 1.51 bits per heavy atom. The number of hydrogen-bond donors (Lipinski definition) is 1. The van der Waals surface area contributed by atoms with E-state index in [1.54, 1.807) is 48.0 Å². The highest BCUT2D eigenvalue weighted by Gasteiger charge is 2.42. The maximum absolute atomic E-state index is 13.3. The summed E-state index contributed by atoms with van der Waals surface area (Å²) in [5.41, 5.74) is 3.45. The maximum Gasteiger partial charge on any atom is 0.452 e. The first-order valence-corrected chi connectivity index (χ1v) is 27.4. The molecule has 2 saturated heterocycles. The summed E-state index contributed by atoms with van der Waals surface area (Å²) in [6.07, 6.45) is -4.93. The van der Waals surface area contributed by atoms with Crippen LogP contribution in [0.3, 0.4) is 0 Å². The van der Waals surface area contributed by atoms with Gasteiger partial charge in [0.05, 0.1) is 57.6 Å². The first-order chi connectivity index (χ1) is 36.4.